The Morgan fingerprint density at radius 3 is 2.80 bits per heavy atom. The molecule has 0 spiro atoms. The van der Waals surface area contributed by atoms with Gasteiger partial charge in [-0.1, -0.05) is 12.1 Å². The summed E-state index contributed by atoms with van der Waals surface area (Å²) in [6, 6.07) is 15.4. The summed E-state index contributed by atoms with van der Waals surface area (Å²) in [7, 11) is 1.62. The number of allylic oxidation sites excluding steroid dienone is 1. The molecule has 0 unspecified atom stereocenters. The fraction of sp³-hybridized carbons (Fsp3) is 0.0526. The number of nitriles is 1. The topological polar surface area (TPSA) is 86.8 Å². The first kappa shape index (κ1) is 17.6. The van der Waals surface area contributed by atoms with E-state index in [2.05, 4.69) is 22.0 Å². The minimum Gasteiger partial charge on any atom is -0.454 e. The van der Waals surface area contributed by atoms with Crippen molar-refractivity contribution in [1.82, 2.24) is 0 Å². The number of nitrogens with one attached hydrogen (secondary N) is 1. The van der Waals surface area contributed by atoms with E-state index in [9.17, 15) is 4.79 Å². The van der Waals surface area contributed by atoms with Crippen molar-refractivity contribution in [2.24, 2.45) is 9.98 Å². The third-order valence-electron chi connectivity index (χ3n) is 3.06. The molecule has 6 heteroatoms. The van der Waals surface area contributed by atoms with E-state index in [4.69, 9.17) is 10.00 Å². The van der Waals surface area contributed by atoms with Crippen molar-refractivity contribution in [3.8, 4) is 11.8 Å². The van der Waals surface area contributed by atoms with Crippen molar-refractivity contribution in [3.05, 3.63) is 71.6 Å². The summed E-state index contributed by atoms with van der Waals surface area (Å²) < 4.78 is 5.64. The second kappa shape index (κ2) is 8.79. The third-order valence-corrected chi connectivity index (χ3v) is 3.06. The van der Waals surface area contributed by atoms with Crippen molar-refractivity contribution in [2.45, 2.75) is 0 Å². The van der Waals surface area contributed by atoms with Gasteiger partial charge in [0.15, 0.2) is 5.76 Å². The van der Waals surface area contributed by atoms with Gasteiger partial charge in [-0.3, -0.25) is 14.8 Å². The predicted molar refractivity (Wildman–Crippen MR) is 98.2 cm³/mol. The van der Waals surface area contributed by atoms with Gasteiger partial charge in [-0.2, -0.15) is 5.26 Å². The monoisotopic (exact) mass is 332 g/mol. The molecule has 0 saturated carbocycles. The first-order valence-electron chi connectivity index (χ1n) is 7.34. The number of benzene rings is 2. The molecule has 0 aliphatic heterocycles. The maximum Gasteiger partial charge on any atom is 0.255 e. The van der Waals surface area contributed by atoms with Crippen molar-refractivity contribution in [1.29, 1.82) is 5.26 Å². The van der Waals surface area contributed by atoms with Crippen LogP contribution in [0.25, 0.3) is 0 Å². The van der Waals surface area contributed by atoms with Crippen molar-refractivity contribution >= 4 is 24.5 Å². The van der Waals surface area contributed by atoms with Crippen LogP contribution < -0.4 is 10.1 Å². The largest absolute Gasteiger partial charge is 0.454 e. The van der Waals surface area contributed by atoms with Crippen LogP contribution in [0.2, 0.25) is 0 Å². The molecule has 2 aromatic carbocycles. The molecule has 2 aromatic rings. The van der Waals surface area contributed by atoms with Crippen molar-refractivity contribution < 1.29 is 9.53 Å². The number of anilines is 1. The molecule has 0 aromatic heterocycles. The number of hydrogen-bond acceptors (Lipinski definition) is 5. The molecule has 0 fully saturated rings. The van der Waals surface area contributed by atoms with Crippen LogP contribution in [0.3, 0.4) is 0 Å². The van der Waals surface area contributed by atoms with Gasteiger partial charge in [0, 0.05) is 24.4 Å². The minimum atomic E-state index is -0.312. The van der Waals surface area contributed by atoms with E-state index >= 15 is 0 Å². The van der Waals surface area contributed by atoms with E-state index in [1.54, 1.807) is 49.5 Å². The van der Waals surface area contributed by atoms with Crippen molar-refractivity contribution in [3.63, 3.8) is 0 Å². The van der Waals surface area contributed by atoms with Gasteiger partial charge in [0.1, 0.15) is 5.75 Å². The summed E-state index contributed by atoms with van der Waals surface area (Å²) in [5.41, 5.74) is 1.39. The number of nitrogens with zero attached hydrogens (tertiary/aromatic N) is 3. The Morgan fingerprint density at radius 2 is 2.08 bits per heavy atom. The minimum absolute atomic E-state index is 0.312. The highest BCUT2D eigenvalue weighted by atomic mass is 16.5. The molecular formula is C19H16N4O2. The van der Waals surface area contributed by atoms with Gasteiger partial charge in [-0.25, -0.2) is 0 Å². The van der Waals surface area contributed by atoms with Gasteiger partial charge in [-0.15, -0.1) is 0 Å². The Labute approximate surface area is 145 Å². The summed E-state index contributed by atoms with van der Waals surface area (Å²) in [4.78, 5) is 19.8. The Morgan fingerprint density at radius 1 is 1.28 bits per heavy atom. The maximum absolute atomic E-state index is 12.3. The molecule has 0 heterocycles. The average molecular weight is 332 g/mol. The van der Waals surface area contributed by atoms with E-state index in [1.807, 2.05) is 6.07 Å². The van der Waals surface area contributed by atoms with Crippen LogP contribution in [0.5, 0.6) is 5.75 Å². The number of hydrogen-bond donors (Lipinski definition) is 1. The van der Waals surface area contributed by atoms with E-state index in [0.717, 1.165) is 0 Å². The summed E-state index contributed by atoms with van der Waals surface area (Å²) in [6.07, 6.45) is 2.94. The van der Waals surface area contributed by atoms with Crippen LogP contribution in [-0.2, 0) is 0 Å². The van der Waals surface area contributed by atoms with Crippen LogP contribution in [0.15, 0.2) is 70.5 Å². The summed E-state index contributed by atoms with van der Waals surface area (Å²) in [5, 5.41) is 11.7. The van der Waals surface area contributed by atoms with E-state index in [1.165, 1.54) is 18.5 Å². The zero-order chi connectivity index (χ0) is 18.1. The predicted octanol–water partition coefficient (Wildman–Crippen LogP) is 3.43. The van der Waals surface area contributed by atoms with Crippen LogP contribution >= 0.6 is 0 Å². The molecule has 0 aliphatic carbocycles. The zero-order valence-electron chi connectivity index (χ0n) is 13.6. The number of amides is 1. The summed E-state index contributed by atoms with van der Waals surface area (Å²) in [6.45, 7) is 3.38. The van der Waals surface area contributed by atoms with Crippen LogP contribution in [-0.4, -0.2) is 25.9 Å². The van der Waals surface area contributed by atoms with Crippen molar-refractivity contribution in [2.75, 3.05) is 12.4 Å². The molecule has 0 bridgehead atoms. The van der Waals surface area contributed by atoms with Gasteiger partial charge in [0.25, 0.3) is 5.91 Å². The van der Waals surface area contributed by atoms with Gasteiger partial charge in [0.2, 0.25) is 0 Å². The molecule has 0 saturated heterocycles. The molecule has 2 rings (SSSR count). The fourth-order valence-electron chi connectivity index (χ4n) is 2.01. The molecule has 6 nitrogen and oxygen atoms in total. The van der Waals surface area contributed by atoms with E-state index in [-0.39, 0.29) is 5.91 Å². The van der Waals surface area contributed by atoms with E-state index < -0.39 is 0 Å². The first-order valence-corrected chi connectivity index (χ1v) is 7.34. The lowest BCUT2D eigenvalue weighted by Gasteiger charge is -2.09. The van der Waals surface area contributed by atoms with Gasteiger partial charge < -0.3 is 10.1 Å². The Kier molecular flexibility index (Phi) is 6.20. The number of carbonyl (C=O) groups is 1. The molecule has 0 atom stereocenters. The van der Waals surface area contributed by atoms with Gasteiger partial charge in [0.05, 0.1) is 24.0 Å². The molecule has 25 heavy (non-hydrogen) atoms. The number of aliphatic imine (C=N–C) groups is 2. The highest BCUT2D eigenvalue weighted by Gasteiger charge is 2.08. The van der Waals surface area contributed by atoms with Gasteiger partial charge in [-0.05, 0) is 37.0 Å². The van der Waals surface area contributed by atoms with E-state index in [0.29, 0.717) is 28.3 Å². The van der Waals surface area contributed by atoms with Crippen LogP contribution in [0, 0.1) is 11.3 Å². The highest BCUT2D eigenvalue weighted by Crippen LogP contribution is 2.20. The third kappa shape index (κ3) is 5.15. The Bertz CT molecular complexity index is 879. The highest BCUT2D eigenvalue weighted by molar-refractivity contribution is 6.04. The normalized spacial score (nSPS) is 11.0. The molecule has 0 radical (unpaired) electrons. The maximum atomic E-state index is 12.3. The lowest BCUT2D eigenvalue weighted by atomic mass is 10.1. The quantitative estimate of drug-likeness (QED) is 0.649. The van der Waals surface area contributed by atoms with Gasteiger partial charge >= 0.3 is 0 Å². The zero-order valence-corrected chi connectivity index (χ0v) is 13.6. The lowest BCUT2D eigenvalue weighted by Crippen LogP contribution is -2.12. The number of ether oxygens (including phenoxy) is 1. The second-order valence-corrected chi connectivity index (χ2v) is 4.88. The molecule has 1 N–H and O–H groups in total. The molecular weight excluding hydrogens is 316 g/mol. The lowest BCUT2D eigenvalue weighted by molar-refractivity contribution is 0.102. The average Bonchev–Trinajstić information content (AvgIpc) is 2.62. The first-order chi connectivity index (χ1) is 12.2. The Hall–Kier alpha value is -3.72. The second-order valence-electron chi connectivity index (χ2n) is 4.88. The summed E-state index contributed by atoms with van der Waals surface area (Å²) in [5.74, 6) is 0.619. The molecule has 1 amide bonds. The fourth-order valence-corrected chi connectivity index (χ4v) is 2.01. The number of carbonyl (C=O) groups excluding carboxylic acids is 1. The SMILES string of the molecule is C=NC=C(C=NC)Oc1cccc(NC(=O)c2cccc(C#N)c2)c1. The standard InChI is InChI=1S/C19H16N4O2/c1-21-12-18(13-22-2)25-17-8-4-7-16(10-17)23-19(24)15-6-3-5-14(9-15)11-20/h3-10,12-13H,1H2,2H3,(H,23,24). The smallest absolute Gasteiger partial charge is 0.255 e. The summed E-state index contributed by atoms with van der Waals surface area (Å²) >= 11 is 0. The Balaban J connectivity index is 2.15. The number of rotatable bonds is 6. The molecule has 0 aliphatic rings. The van der Waals surface area contributed by atoms with Crippen LogP contribution in [0.4, 0.5) is 5.69 Å². The molecule has 124 valence electrons. The van der Waals surface area contributed by atoms with Crippen LogP contribution in [0.1, 0.15) is 15.9 Å².